The van der Waals surface area contributed by atoms with Gasteiger partial charge in [0.05, 0.1) is 17.0 Å². The second-order valence-electron chi connectivity index (χ2n) is 9.47. The summed E-state index contributed by atoms with van der Waals surface area (Å²) in [6, 6.07) is 16.6. The van der Waals surface area contributed by atoms with Gasteiger partial charge in [0.2, 0.25) is 0 Å². The molecule has 0 spiro atoms. The Balaban J connectivity index is 1.54. The SMILES string of the molecule is CC(C)CC(=O)Cc1nc(-c2ccc(CCN3CCCCC3)cc2)sc1-c1cccc(Cl)c1. The molecule has 1 aliphatic rings. The lowest BCUT2D eigenvalue weighted by molar-refractivity contribution is -0.119. The summed E-state index contributed by atoms with van der Waals surface area (Å²) in [7, 11) is 0. The largest absolute Gasteiger partial charge is 0.303 e. The highest BCUT2D eigenvalue weighted by atomic mass is 35.5. The Morgan fingerprint density at radius 2 is 1.82 bits per heavy atom. The normalized spacial score (nSPS) is 14.7. The van der Waals surface area contributed by atoms with Gasteiger partial charge in [-0.05, 0) is 61.5 Å². The third-order valence-electron chi connectivity index (χ3n) is 6.15. The number of hydrogen-bond acceptors (Lipinski definition) is 4. The molecule has 0 unspecified atom stereocenters. The molecule has 0 saturated carbocycles. The van der Waals surface area contributed by atoms with E-state index in [9.17, 15) is 4.79 Å². The number of ketones is 1. The molecule has 4 rings (SSSR count). The Morgan fingerprint density at radius 3 is 2.52 bits per heavy atom. The first kappa shape index (κ1) is 24.1. The molecule has 0 aliphatic carbocycles. The van der Waals surface area contributed by atoms with E-state index in [1.807, 2.05) is 24.3 Å². The summed E-state index contributed by atoms with van der Waals surface area (Å²) in [5, 5.41) is 1.65. The number of rotatable bonds is 9. The first-order valence-electron chi connectivity index (χ1n) is 12.1. The fourth-order valence-corrected chi connectivity index (χ4v) is 5.72. The van der Waals surface area contributed by atoms with Crippen LogP contribution in [-0.2, 0) is 17.6 Å². The Morgan fingerprint density at radius 1 is 1.06 bits per heavy atom. The maximum absolute atomic E-state index is 12.6. The van der Waals surface area contributed by atoms with E-state index < -0.39 is 0 Å². The average Bonchev–Trinajstić information content (AvgIpc) is 3.22. The zero-order valence-corrected chi connectivity index (χ0v) is 21.2. The van der Waals surface area contributed by atoms with Gasteiger partial charge < -0.3 is 4.90 Å². The lowest BCUT2D eigenvalue weighted by atomic mass is 10.0. The number of carbonyl (C=O) groups is 1. The summed E-state index contributed by atoms with van der Waals surface area (Å²) in [6.45, 7) is 7.77. The van der Waals surface area contributed by atoms with Crippen LogP contribution in [0.4, 0.5) is 0 Å². The highest BCUT2D eigenvalue weighted by Gasteiger charge is 2.18. The van der Waals surface area contributed by atoms with Gasteiger partial charge in [-0.15, -0.1) is 11.3 Å². The maximum atomic E-state index is 12.6. The van der Waals surface area contributed by atoms with Crippen LogP contribution in [0.2, 0.25) is 5.02 Å². The third kappa shape index (κ3) is 6.75. The number of thiazole rings is 1. The molecule has 0 amide bonds. The van der Waals surface area contributed by atoms with Gasteiger partial charge in [0.15, 0.2) is 0 Å². The van der Waals surface area contributed by atoms with E-state index in [0.717, 1.165) is 39.7 Å². The quantitative estimate of drug-likeness (QED) is 0.321. The summed E-state index contributed by atoms with van der Waals surface area (Å²) in [5.41, 5.74) is 4.35. The van der Waals surface area contributed by atoms with Gasteiger partial charge in [0.25, 0.3) is 0 Å². The summed E-state index contributed by atoms with van der Waals surface area (Å²) >= 11 is 7.91. The first-order valence-corrected chi connectivity index (χ1v) is 13.3. The van der Waals surface area contributed by atoms with Crippen LogP contribution in [0.1, 0.15) is 50.8 Å². The molecule has 0 atom stereocenters. The fourth-order valence-electron chi connectivity index (χ4n) is 4.45. The lowest BCUT2D eigenvalue weighted by Gasteiger charge is -2.26. The number of likely N-dealkylation sites (tertiary alicyclic amines) is 1. The van der Waals surface area contributed by atoms with Crippen molar-refractivity contribution in [2.45, 2.75) is 52.4 Å². The van der Waals surface area contributed by atoms with E-state index in [2.05, 4.69) is 43.0 Å². The highest BCUT2D eigenvalue weighted by Crippen LogP contribution is 2.37. The lowest BCUT2D eigenvalue weighted by Crippen LogP contribution is -2.31. The zero-order chi connectivity index (χ0) is 23.2. The minimum Gasteiger partial charge on any atom is -0.303 e. The van der Waals surface area contributed by atoms with Crippen LogP contribution in [0.5, 0.6) is 0 Å². The van der Waals surface area contributed by atoms with Crippen molar-refractivity contribution in [2.75, 3.05) is 19.6 Å². The highest BCUT2D eigenvalue weighted by molar-refractivity contribution is 7.18. The van der Waals surface area contributed by atoms with Crippen LogP contribution in [0.3, 0.4) is 0 Å². The van der Waals surface area contributed by atoms with Gasteiger partial charge in [-0.25, -0.2) is 4.98 Å². The van der Waals surface area contributed by atoms with Crippen LogP contribution in [0, 0.1) is 5.92 Å². The van der Waals surface area contributed by atoms with Crippen molar-refractivity contribution in [3.05, 3.63) is 64.8 Å². The standard InChI is InChI=1S/C28H33ClN2OS/c1-20(2)17-25(32)19-26-27(23-7-6-8-24(29)18-23)33-28(30-26)22-11-9-21(10-12-22)13-16-31-14-4-3-5-15-31/h6-12,18,20H,3-5,13-17,19H2,1-2H3. The molecular formula is C28H33ClN2OS. The molecule has 33 heavy (non-hydrogen) atoms. The van der Waals surface area contributed by atoms with Crippen molar-refractivity contribution in [1.29, 1.82) is 0 Å². The smallest absolute Gasteiger partial charge is 0.139 e. The number of benzene rings is 2. The number of Topliss-reactive ketones (excluding diaryl/α,β-unsaturated/α-hetero) is 1. The van der Waals surface area contributed by atoms with Crippen LogP contribution in [-0.4, -0.2) is 35.3 Å². The minimum atomic E-state index is 0.234. The van der Waals surface area contributed by atoms with Gasteiger partial charge in [-0.1, -0.05) is 68.3 Å². The first-order chi connectivity index (χ1) is 16.0. The van der Waals surface area contributed by atoms with Crippen molar-refractivity contribution in [3.63, 3.8) is 0 Å². The molecule has 5 heteroatoms. The van der Waals surface area contributed by atoms with Crippen LogP contribution in [0.25, 0.3) is 21.0 Å². The van der Waals surface area contributed by atoms with Crippen LogP contribution >= 0.6 is 22.9 Å². The second-order valence-corrected chi connectivity index (χ2v) is 10.9. The Kier molecular flexibility index (Phi) is 8.34. The summed E-state index contributed by atoms with van der Waals surface area (Å²) in [5.74, 6) is 0.584. The van der Waals surface area contributed by atoms with E-state index in [0.29, 0.717) is 23.8 Å². The van der Waals surface area contributed by atoms with E-state index >= 15 is 0 Å². The maximum Gasteiger partial charge on any atom is 0.139 e. The van der Waals surface area contributed by atoms with Gasteiger partial charge >= 0.3 is 0 Å². The van der Waals surface area contributed by atoms with E-state index in [-0.39, 0.29) is 5.78 Å². The fraction of sp³-hybridized carbons (Fsp3) is 0.429. The molecule has 2 aromatic carbocycles. The zero-order valence-electron chi connectivity index (χ0n) is 19.6. The molecule has 1 aromatic heterocycles. The van der Waals surface area contributed by atoms with E-state index in [1.54, 1.807) is 11.3 Å². The Labute approximate surface area is 206 Å². The van der Waals surface area contributed by atoms with Gasteiger partial charge in [0.1, 0.15) is 10.8 Å². The average molecular weight is 481 g/mol. The van der Waals surface area contributed by atoms with Gasteiger partial charge in [-0.3, -0.25) is 4.79 Å². The molecule has 1 aliphatic heterocycles. The molecule has 1 saturated heterocycles. The number of aromatic nitrogens is 1. The van der Waals surface area contributed by atoms with Gasteiger partial charge in [-0.2, -0.15) is 0 Å². The van der Waals surface area contributed by atoms with Crippen molar-refractivity contribution in [2.24, 2.45) is 5.92 Å². The van der Waals surface area contributed by atoms with Crippen LogP contribution in [0.15, 0.2) is 48.5 Å². The van der Waals surface area contributed by atoms with Crippen molar-refractivity contribution >= 4 is 28.7 Å². The molecule has 174 valence electrons. The van der Waals surface area contributed by atoms with Gasteiger partial charge in [0, 0.05) is 23.6 Å². The number of piperidine rings is 1. The molecule has 0 radical (unpaired) electrons. The van der Waals surface area contributed by atoms with Crippen LogP contribution < -0.4 is 0 Å². The Bertz CT molecular complexity index is 1070. The topological polar surface area (TPSA) is 33.2 Å². The number of carbonyl (C=O) groups excluding carboxylic acids is 1. The molecular weight excluding hydrogens is 448 g/mol. The Hall–Kier alpha value is -2.01. The second kappa shape index (κ2) is 11.4. The molecule has 2 heterocycles. The van der Waals surface area contributed by atoms with Crippen molar-refractivity contribution < 1.29 is 4.79 Å². The third-order valence-corrected chi connectivity index (χ3v) is 7.58. The van der Waals surface area contributed by atoms with Crippen molar-refractivity contribution in [1.82, 2.24) is 9.88 Å². The van der Waals surface area contributed by atoms with E-state index in [4.69, 9.17) is 16.6 Å². The number of hydrogen-bond donors (Lipinski definition) is 0. The molecule has 1 fully saturated rings. The van der Waals surface area contributed by atoms with E-state index in [1.165, 1.54) is 37.9 Å². The molecule has 3 aromatic rings. The number of halogens is 1. The monoisotopic (exact) mass is 480 g/mol. The molecule has 3 nitrogen and oxygen atoms in total. The van der Waals surface area contributed by atoms with Crippen molar-refractivity contribution in [3.8, 4) is 21.0 Å². The predicted molar refractivity (Wildman–Crippen MR) is 140 cm³/mol. The molecule has 0 N–H and O–H groups in total. The minimum absolute atomic E-state index is 0.234. The summed E-state index contributed by atoms with van der Waals surface area (Å²) in [4.78, 5) is 21.1. The number of nitrogens with zero attached hydrogens (tertiary/aromatic N) is 2. The predicted octanol–water partition coefficient (Wildman–Crippen LogP) is 7.32. The molecule has 0 bridgehead atoms. The summed E-state index contributed by atoms with van der Waals surface area (Å²) < 4.78 is 0. The summed E-state index contributed by atoms with van der Waals surface area (Å²) in [6.07, 6.45) is 6.07.